The molecule has 1 aromatic carbocycles. The zero-order valence-electron chi connectivity index (χ0n) is 12.8. The van der Waals surface area contributed by atoms with Crippen molar-refractivity contribution in [1.29, 1.82) is 0 Å². The lowest BCUT2D eigenvalue weighted by atomic mass is 10.0. The molecule has 1 rings (SSSR count). The lowest BCUT2D eigenvalue weighted by Gasteiger charge is -2.25. The van der Waals surface area contributed by atoms with Gasteiger partial charge in [-0.3, -0.25) is 4.79 Å². The lowest BCUT2D eigenvalue weighted by Crippen LogP contribution is -2.48. The summed E-state index contributed by atoms with van der Waals surface area (Å²) in [4.78, 5) is 11.0. The zero-order chi connectivity index (χ0) is 17.4. The highest BCUT2D eigenvalue weighted by Gasteiger charge is 2.29. The molecular weight excluding hydrogens is 306 g/mol. The van der Waals surface area contributed by atoms with Crippen molar-refractivity contribution < 1.29 is 35.1 Å². The highest BCUT2D eigenvalue weighted by atomic mass is 16.5. The molecule has 0 aliphatic carbocycles. The molecule has 0 heterocycles. The number of esters is 1. The predicted octanol–water partition coefficient (Wildman–Crippen LogP) is -1.86. The first-order valence-corrected chi connectivity index (χ1v) is 7.17. The topological polar surface area (TPSA) is 139 Å². The summed E-state index contributed by atoms with van der Waals surface area (Å²) in [6.45, 7) is 0.739. The van der Waals surface area contributed by atoms with Crippen LogP contribution in [0.2, 0.25) is 0 Å². The number of nitrogens with one attached hydrogen (secondary N) is 1. The molecule has 0 fully saturated rings. The second-order valence-electron chi connectivity index (χ2n) is 5.13. The Kier molecular flexibility index (Phi) is 8.10. The van der Waals surface area contributed by atoms with Crippen LogP contribution in [0.3, 0.4) is 0 Å². The van der Waals surface area contributed by atoms with Crippen molar-refractivity contribution in [3.05, 3.63) is 29.8 Å². The van der Waals surface area contributed by atoms with Crippen LogP contribution in [0.1, 0.15) is 12.5 Å². The van der Waals surface area contributed by atoms with Crippen LogP contribution in [-0.2, 0) is 11.3 Å². The largest absolute Gasteiger partial charge is 0.426 e. The van der Waals surface area contributed by atoms with E-state index in [-0.39, 0.29) is 13.1 Å². The molecule has 0 aliphatic heterocycles. The highest BCUT2D eigenvalue weighted by molar-refractivity contribution is 5.69. The summed E-state index contributed by atoms with van der Waals surface area (Å²) in [5, 5.41) is 49.7. The molecule has 0 bridgehead atoms. The second kappa shape index (κ2) is 9.56. The fraction of sp³-hybridized carbons (Fsp3) is 0.533. The number of ether oxygens (including phenoxy) is 1. The first-order valence-electron chi connectivity index (χ1n) is 7.17. The van der Waals surface area contributed by atoms with Gasteiger partial charge in [0.25, 0.3) is 0 Å². The number of hydrogen-bond donors (Lipinski definition) is 6. The summed E-state index contributed by atoms with van der Waals surface area (Å²) in [5.41, 5.74) is 0.681. The summed E-state index contributed by atoms with van der Waals surface area (Å²) in [7, 11) is 0. The summed E-state index contributed by atoms with van der Waals surface area (Å²) in [6.07, 6.45) is -6.17. The van der Waals surface area contributed by atoms with Crippen molar-refractivity contribution in [2.24, 2.45) is 0 Å². The van der Waals surface area contributed by atoms with Crippen molar-refractivity contribution in [3.63, 3.8) is 0 Å². The van der Waals surface area contributed by atoms with E-state index in [9.17, 15) is 25.2 Å². The molecule has 4 atom stereocenters. The van der Waals surface area contributed by atoms with E-state index in [0.717, 1.165) is 0 Å². The van der Waals surface area contributed by atoms with E-state index in [1.165, 1.54) is 6.92 Å². The van der Waals surface area contributed by atoms with Crippen LogP contribution in [0.4, 0.5) is 0 Å². The molecule has 23 heavy (non-hydrogen) atoms. The zero-order valence-corrected chi connectivity index (χ0v) is 12.8. The van der Waals surface area contributed by atoms with Crippen LogP contribution >= 0.6 is 0 Å². The van der Waals surface area contributed by atoms with E-state index in [4.69, 9.17) is 9.84 Å². The first-order chi connectivity index (χ1) is 10.9. The van der Waals surface area contributed by atoms with Crippen LogP contribution in [0.25, 0.3) is 0 Å². The monoisotopic (exact) mass is 329 g/mol. The van der Waals surface area contributed by atoms with Gasteiger partial charge in [-0.25, -0.2) is 0 Å². The summed E-state index contributed by atoms with van der Waals surface area (Å²) in [6, 6.07) is 6.84. The van der Waals surface area contributed by atoms with Crippen molar-refractivity contribution in [1.82, 2.24) is 5.32 Å². The molecule has 0 radical (unpaired) electrons. The van der Waals surface area contributed by atoms with Gasteiger partial charge in [0, 0.05) is 25.6 Å². The van der Waals surface area contributed by atoms with Gasteiger partial charge < -0.3 is 35.6 Å². The van der Waals surface area contributed by atoms with Gasteiger partial charge >= 0.3 is 5.97 Å². The third-order valence-corrected chi connectivity index (χ3v) is 3.22. The van der Waals surface area contributed by atoms with E-state index in [2.05, 4.69) is 5.32 Å². The van der Waals surface area contributed by atoms with Gasteiger partial charge in [0.05, 0.1) is 12.7 Å². The number of carbonyl (C=O) groups excluding carboxylic acids is 1. The molecule has 0 saturated carbocycles. The number of para-hydroxylation sites is 1. The minimum Gasteiger partial charge on any atom is -0.426 e. The summed E-state index contributed by atoms with van der Waals surface area (Å²) >= 11 is 0. The van der Waals surface area contributed by atoms with Crippen LogP contribution < -0.4 is 10.1 Å². The number of aliphatic hydroxyl groups excluding tert-OH is 5. The molecule has 1 aromatic rings. The van der Waals surface area contributed by atoms with Gasteiger partial charge in [-0.05, 0) is 6.07 Å². The molecule has 0 aromatic heterocycles. The third kappa shape index (κ3) is 6.22. The third-order valence-electron chi connectivity index (χ3n) is 3.22. The Morgan fingerprint density at radius 1 is 1.13 bits per heavy atom. The Bertz CT molecular complexity index is 496. The minimum absolute atomic E-state index is 0.0786. The van der Waals surface area contributed by atoms with Crippen LogP contribution in [-0.4, -0.2) is 69.1 Å². The SMILES string of the molecule is CC(=O)Oc1ccccc1CNC[C@H](O)[C@@H](O)[C@H](O)[C@H](O)CO. The normalized spacial score (nSPS) is 16.4. The maximum atomic E-state index is 11.0. The molecule has 8 heteroatoms. The number of hydrogen-bond acceptors (Lipinski definition) is 8. The smallest absolute Gasteiger partial charge is 0.308 e. The van der Waals surface area contributed by atoms with Crippen molar-refractivity contribution in [3.8, 4) is 5.75 Å². The predicted molar refractivity (Wildman–Crippen MR) is 80.6 cm³/mol. The maximum absolute atomic E-state index is 11.0. The number of aliphatic hydroxyl groups is 5. The van der Waals surface area contributed by atoms with Crippen LogP contribution in [0.5, 0.6) is 5.75 Å². The second-order valence-corrected chi connectivity index (χ2v) is 5.13. The van der Waals surface area contributed by atoms with Crippen LogP contribution in [0.15, 0.2) is 24.3 Å². The molecule has 0 spiro atoms. The van der Waals surface area contributed by atoms with E-state index < -0.39 is 37.0 Å². The molecule has 0 unspecified atom stereocenters. The standard InChI is InChI=1S/C15H23NO7/c1-9(18)23-13-5-3-2-4-10(13)6-16-7-11(19)14(21)15(22)12(20)8-17/h2-5,11-12,14-17,19-22H,6-8H2,1H3/t11-,12+,14+,15+/m0/s1. The van der Waals surface area contributed by atoms with Gasteiger partial charge in [-0.15, -0.1) is 0 Å². The minimum atomic E-state index is -1.66. The molecule has 8 nitrogen and oxygen atoms in total. The molecule has 0 saturated heterocycles. The van der Waals surface area contributed by atoms with Crippen LogP contribution in [0, 0.1) is 0 Å². The molecule has 0 aliphatic rings. The Balaban J connectivity index is 2.52. The maximum Gasteiger partial charge on any atom is 0.308 e. The molecule has 6 N–H and O–H groups in total. The number of carbonyl (C=O) groups is 1. The van der Waals surface area contributed by atoms with Gasteiger partial charge in [0.15, 0.2) is 0 Å². The first kappa shape index (κ1) is 19.5. The van der Waals surface area contributed by atoms with Crippen molar-refractivity contribution in [2.45, 2.75) is 37.9 Å². The number of rotatable bonds is 9. The van der Waals surface area contributed by atoms with E-state index in [1.807, 2.05) is 0 Å². The Morgan fingerprint density at radius 2 is 1.74 bits per heavy atom. The quantitative estimate of drug-likeness (QED) is 0.229. The average Bonchev–Trinajstić information content (AvgIpc) is 2.53. The summed E-state index contributed by atoms with van der Waals surface area (Å²) < 4.78 is 5.04. The van der Waals surface area contributed by atoms with E-state index in [0.29, 0.717) is 11.3 Å². The van der Waals surface area contributed by atoms with Crippen molar-refractivity contribution in [2.75, 3.05) is 13.2 Å². The lowest BCUT2D eigenvalue weighted by molar-refractivity contribution is -0.131. The fourth-order valence-corrected chi connectivity index (χ4v) is 1.94. The van der Waals surface area contributed by atoms with Crippen molar-refractivity contribution >= 4 is 5.97 Å². The molecular formula is C15H23NO7. The average molecular weight is 329 g/mol. The van der Waals surface area contributed by atoms with Gasteiger partial charge in [0.2, 0.25) is 0 Å². The van der Waals surface area contributed by atoms with Gasteiger partial charge in [-0.1, -0.05) is 18.2 Å². The highest BCUT2D eigenvalue weighted by Crippen LogP contribution is 2.17. The number of benzene rings is 1. The Hall–Kier alpha value is -1.55. The molecule has 0 amide bonds. The van der Waals surface area contributed by atoms with Gasteiger partial charge in [0.1, 0.15) is 24.1 Å². The van der Waals surface area contributed by atoms with E-state index in [1.54, 1.807) is 24.3 Å². The molecule has 130 valence electrons. The van der Waals surface area contributed by atoms with Gasteiger partial charge in [-0.2, -0.15) is 0 Å². The Labute approximate surface area is 134 Å². The fourth-order valence-electron chi connectivity index (χ4n) is 1.94. The Morgan fingerprint density at radius 3 is 2.35 bits per heavy atom. The summed E-state index contributed by atoms with van der Waals surface area (Å²) in [5.74, 6) is -0.0627. The van der Waals surface area contributed by atoms with E-state index >= 15 is 0 Å².